The van der Waals surface area contributed by atoms with Crippen molar-refractivity contribution in [3.05, 3.63) is 47.3 Å². The first-order valence-electron chi connectivity index (χ1n) is 10.3. The predicted octanol–water partition coefficient (Wildman–Crippen LogP) is 4.61. The van der Waals surface area contributed by atoms with Gasteiger partial charge in [0.05, 0.1) is 12.2 Å². The molecule has 1 saturated heterocycles. The molecule has 6 nitrogen and oxygen atoms in total. The summed E-state index contributed by atoms with van der Waals surface area (Å²) in [7, 11) is 3.85. The lowest BCUT2D eigenvalue weighted by Crippen LogP contribution is -2.38. The van der Waals surface area contributed by atoms with Gasteiger partial charge in [-0.15, -0.1) is 24.0 Å². The highest BCUT2D eigenvalue weighted by Crippen LogP contribution is 2.20. The molecule has 3 rings (SSSR count). The molecule has 7 heteroatoms. The first kappa shape index (κ1) is 23.5. The molecule has 1 aromatic heterocycles. The van der Waals surface area contributed by atoms with Crippen LogP contribution in [0, 0.1) is 0 Å². The van der Waals surface area contributed by atoms with Crippen LogP contribution in [0.15, 0.2) is 39.8 Å². The summed E-state index contributed by atoms with van der Waals surface area (Å²) in [6.07, 6.45) is 3.96. The molecule has 0 radical (unpaired) electrons. The number of nitrogens with one attached hydrogen (secondary N) is 1. The summed E-state index contributed by atoms with van der Waals surface area (Å²) < 4.78 is 5.40. The Morgan fingerprint density at radius 1 is 1.21 bits per heavy atom. The summed E-state index contributed by atoms with van der Waals surface area (Å²) in [6, 6.07) is 10.9. The smallest absolute Gasteiger partial charge is 0.194 e. The van der Waals surface area contributed by atoms with Gasteiger partial charge >= 0.3 is 0 Å². The molecule has 1 aliphatic heterocycles. The molecule has 1 aliphatic rings. The van der Waals surface area contributed by atoms with E-state index in [2.05, 4.69) is 63.4 Å². The van der Waals surface area contributed by atoms with E-state index in [0.717, 1.165) is 24.0 Å². The zero-order valence-corrected chi connectivity index (χ0v) is 20.3. The lowest BCUT2D eigenvalue weighted by atomic mass is 10.1. The SMILES string of the molecule is CN=C(NCc1cc(C(C)C)no1)N(C)Cc1ccc(N2CCCCC2)cc1.I. The second kappa shape index (κ2) is 11.4. The molecule has 0 amide bonds. The average Bonchev–Trinajstić information content (AvgIpc) is 3.19. The van der Waals surface area contributed by atoms with Crippen LogP contribution < -0.4 is 10.2 Å². The average molecular weight is 511 g/mol. The summed E-state index contributed by atoms with van der Waals surface area (Å²) in [5.74, 6) is 2.03. The number of hydrogen-bond acceptors (Lipinski definition) is 4. The van der Waals surface area contributed by atoms with Crippen molar-refractivity contribution in [2.24, 2.45) is 4.99 Å². The summed E-state index contributed by atoms with van der Waals surface area (Å²) in [5, 5.41) is 7.46. The highest BCUT2D eigenvalue weighted by atomic mass is 127. The van der Waals surface area contributed by atoms with Gasteiger partial charge in [-0.05, 0) is 42.9 Å². The summed E-state index contributed by atoms with van der Waals surface area (Å²) in [5.41, 5.74) is 3.58. The van der Waals surface area contributed by atoms with E-state index in [9.17, 15) is 0 Å². The number of benzene rings is 1. The molecule has 29 heavy (non-hydrogen) atoms. The Balaban J connectivity index is 0.00000300. The van der Waals surface area contributed by atoms with Crippen molar-refractivity contribution < 1.29 is 4.52 Å². The first-order chi connectivity index (χ1) is 13.6. The van der Waals surface area contributed by atoms with Gasteiger partial charge in [-0.25, -0.2) is 0 Å². The van der Waals surface area contributed by atoms with Crippen LogP contribution in [-0.4, -0.2) is 43.2 Å². The molecule has 0 aliphatic carbocycles. The largest absolute Gasteiger partial charge is 0.372 e. The fourth-order valence-electron chi connectivity index (χ4n) is 3.55. The maximum absolute atomic E-state index is 5.40. The van der Waals surface area contributed by atoms with E-state index in [-0.39, 0.29) is 24.0 Å². The van der Waals surface area contributed by atoms with Gasteiger partial charge < -0.3 is 19.6 Å². The van der Waals surface area contributed by atoms with Crippen LogP contribution in [0.5, 0.6) is 0 Å². The van der Waals surface area contributed by atoms with Crippen LogP contribution in [0.4, 0.5) is 5.69 Å². The van der Waals surface area contributed by atoms with Crippen LogP contribution in [0.1, 0.15) is 56.0 Å². The minimum Gasteiger partial charge on any atom is -0.372 e. The molecular formula is C22H34IN5O. The fraction of sp³-hybridized carbons (Fsp3) is 0.545. The van der Waals surface area contributed by atoms with Gasteiger partial charge in [-0.2, -0.15) is 0 Å². The van der Waals surface area contributed by atoms with Crippen molar-refractivity contribution in [1.29, 1.82) is 0 Å². The summed E-state index contributed by atoms with van der Waals surface area (Å²) in [4.78, 5) is 9.00. The van der Waals surface area contributed by atoms with E-state index in [4.69, 9.17) is 4.52 Å². The number of aliphatic imine (C=N–C) groups is 1. The number of hydrogen-bond donors (Lipinski definition) is 1. The maximum Gasteiger partial charge on any atom is 0.194 e. The molecule has 2 heterocycles. The minimum atomic E-state index is 0. The quantitative estimate of drug-likeness (QED) is 0.349. The molecular weight excluding hydrogens is 477 g/mol. The van der Waals surface area contributed by atoms with Crippen molar-refractivity contribution in [1.82, 2.24) is 15.4 Å². The standard InChI is InChI=1S/C22H33N5O.HI/c1-17(2)21-14-20(28-25-21)15-24-22(23-3)26(4)16-18-8-10-19(11-9-18)27-12-6-5-7-13-27;/h8-11,14,17H,5-7,12-13,15-16H2,1-4H3,(H,23,24);1H. The van der Waals surface area contributed by atoms with Crippen molar-refractivity contribution in [3.63, 3.8) is 0 Å². The van der Waals surface area contributed by atoms with Gasteiger partial charge in [0.1, 0.15) is 0 Å². The number of piperidine rings is 1. The monoisotopic (exact) mass is 511 g/mol. The lowest BCUT2D eigenvalue weighted by Gasteiger charge is -2.29. The van der Waals surface area contributed by atoms with Gasteiger partial charge in [0.25, 0.3) is 0 Å². The number of nitrogens with zero attached hydrogens (tertiary/aromatic N) is 4. The van der Waals surface area contributed by atoms with Gasteiger partial charge in [0.2, 0.25) is 0 Å². The highest BCUT2D eigenvalue weighted by Gasteiger charge is 2.12. The fourth-order valence-corrected chi connectivity index (χ4v) is 3.55. The van der Waals surface area contributed by atoms with E-state index in [1.807, 2.05) is 13.1 Å². The number of aromatic nitrogens is 1. The molecule has 160 valence electrons. The molecule has 1 N–H and O–H groups in total. The van der Waals surface area contributed by atoms with Gasteiger partial charge in [0.15, 0.2) is 11.7 Å². The zero-order valence-electron chi connectivity index (χ0n) is 18.0. The number of rotatable bonds is 6. The maximum atomic E-state index is 5.40. The predicted molar refractivity (Wildman–Crippen MR) is 130 cm³/mol. The third-order valence-corrected chi connectivity index (χ3v) is 5.24. The van der Waals surface area contributed by atoms with E-state index >= 15 is 0 Å². The molecule has 0 bridgehead atoms. The first-order valence-corrected chi connectivity index (χ1v) is 10.3. The molecule has 1 fully saturated rings. The number of anilines is 1. The van der Waals surface area contributed by atoms with E-state index < -0.39 is 0 Å². The van der Waals surface area contributed by atoms with Gasteiger partial charge in [-0.1, -0.05) is 31.1 Å². The van der Waals surface area contributed by atoms with E-state index in [1.54, 1.807) is 7.05 Å². The van der Waals surface area contributed by atoms with Crippen LogP contribution in [0.2, 0.25) is 0 Å². The molecule has 0 spiro atoms. The Kier molecular flexibility index (Phi) is 9.26. The summed E-state index contributed by atoms with van der Waals surface area (Å²) >= 11 is 0. The second-order valence-electron chi connectivity index (χ2n) is 7.84. The van der Waals surface area contributed by atoms with Crippen LogP contribution in [0.3, 0.4) is 0 Å². The molecule has 0 atom stereocenters. The Morgan fingerprint density at radius 3 is 2.48 bits per heavy atom. The normalized spacial score (nSPS) is 14.7. The Morgan fingerprint density at radius 2 is 1.90 bits per heavy atom. The third kappa shape index (κ3) is 6.62. The van der Waals surface area contributed by atoms with Crippen LogP contribution in [0.25, 0.3) is 0 Å². The van der Waals surface area contributed by atoms with E-state index in [0.29, 0.717) is 12.5 Å². The van der Waals surface area contributed by atoms with Crippen LogP contribution in [-0.2, 0) is 13.1 Å². The Labute approximate surface area is 191 Å². The van der Waals surface area contributed by atoms with Crippen molar-refractivity contribution >= 4 is 35.6 Å². The molecule has 0 unspecified atom stereocenters. The topological polar surface area (TPSA) is 56.9 Å². The third-order valence-electron chi connectivity index (χ3n) is 5.24. The zero-order chi connectivity index (χ0) is 19.9. The second-order valence-corrected chi connectivity index (χ2v) is 7.84. The molecule has 0 saturated carbocycles. The van der Waals surface area contributed by atoms with Crippen molar-refractivity contribution in [2.75, 3.05) is 32.1 Å². The van der Waals surface area contributed by atoms with Gasteiger partial charge in [-0.3, -0.25) is 4.99 Å². The molecule has 1 aromatic carbocycles. The number of halogens is 1. The van der Waals surface area contributed by atoms with E-state index in [1.165, 1.54) is 43.6 Å². The van der Waals surface area contributed by atoms with Crippen molar-refractivity contribution in [2.45, 2.75) is 52.1 Å². The Bertz CT molecular complexity index is 766. The Hall–Kier alpha value is -1.77. The molecule has 2 aromatic rings. The summed E-state index contributed by atoms with van der Waals surface area (Å²) in [6.45, 7) is 7.95. The lowest BCUT2D eigenvalue weighted by molar-refractivity contribution is 0.369. The van der Waals surface area contributed by atoms with Crippen molar-refractivity contribution in [3.8, 4) is 0 Å². The minimum absolute atomic E-state index is 0. The van der Waals surface area contributed by atoms with Crippen LogP contribution >= 0.6 is 24.0 Å². The highest BCUT2D eigenvalue weighted by molar-refractivity contribution is 14.0. The number of guanidine groups is 1. The van der Waals surface area contributed by atoms with Gasteiger partial charge in [0, 0.05) is 45.5 Å².